The van der Waals surface area contributed by atoms with Crippen LogP contribution in [0.2, 0.25) is 0 Å². The zero-order chi connectivity index (χ0) is 22.8. The van der Waals surface area contributed by atoms with Gasteiger partial charge in [0.15, 0.2) is 11.6 Å². The quantitative estimate of drug-likeness (QED) is 0.630. The number of morpholine rings is 1. The Hall–Kier alpha value is -3.66. The highest BCUT2D eigenvalue weighted by molar-refractivity contribution is 5.99. The Morgan fingerprint density at radius 2 is 1.97 bits per heavy atom. The van der Waals surface area contributed by atoms with Crippen molar-refractivity contribution in [1.82, 2.24) is 19.7 Å². The predicted molar refractivity (Wildman–Crippen MR) is 125 cm³/mol. The first kappa shape index (κ1) is 21.2. The van der Waals surface area contributed by atoms with Gasteiger partial charge in [-0.25, -0.2) is 9.78 Å². The maximum Gasteiger partial charge on any atom is 0.324 e. The molecule has 2 aliphatic rings. The van der Waals surface area contributed by atoms with Crippen molar-refractivity contribution in [2.45, 2.75) is 25.8 Å². The van der Waals surface area contributed by atoms with Crippen molar-refractivity contribution in [2.75, 3.05) is 41.9 Å². The van der Waals surface area contributed by atoms with Crippen LogP contribution in [-0.4, -0.2) is 58.2 Å². The molecule has 2 aliphatic heterocycles. The van der Waals surface area contributed by atoms with E-state index in [2.05, 4.69) is 27.6 Å². The molecular formula is C23H27N7O3. The lowest BCUT2D eigenvalue weighted by Crippen LogP contribution is -2.45. The SMILES string of the molecule is CC1COCCN1c1nc(-c2ccc(NC(=O)Nc3ccn(C)n3)cc2)nc2c1CCCO2. The number of aromatic nitrogens is 4. The number of aryl methyl sites for hydroxylation is 1. The van der Waals surface area contributed by atoms with Gasteiger partial charge >= 0.3 is 6.03 Å². The first-order chi connectivity index (χ1) is 16.1. The number of fused-ring (bicyclic) bond motifs is 1. The topological polar surface area (TPSA) is 106 Å². The summed E-state index contributed by atoms with van der Waals surface area (Å²) in [5.74, 6) is 2.69. The van der Waals surface area contributed by atoms with Crippen molar-refractivity contribution >= 4 is 23.4 Å². The summed E-state index contributed by atoms with van der Waals surface area (Å²) in [6.45, 7) is 4.96. The van der Waals surface area contributed by atoms with Crippen LogP contribution in [0.5, 0.6) is 5.88 Å². The molecule has 1 aromatic carbocycles. The van der Waals surface area contributed by atoms with E-state index in [1.807, 2.05) is 24.3 Å². The molecule has 0 spiro atoms. The minimum atomic E-state index is -0.358. The summed E-state index contributed by atoms with van der Waals surface area (Å²) in [6.07, 6.45) is 3.63. The zero-order valence-corrected chi connectivity index (χ0v) is 18.7. The molecule has 3 aromatic rings. The number of hydrogen-bond acceptors (Lipinski definition) is 7. The average Bonchev–Trinajstić information content (AvgIpc) is 3.23. The van der Waals surface area contributed by atoms with Crippen LogP contribution in [-0.2, 0) is 18.2 Å². The number of rotatable bonds is 4. The monoisotopic (exact) mass is 449 g/mol. The van der Waals surface area contributed by atoms with E-state index in [0.29, 0.717) is 43.0 Å². The van der Waals surface area contributed by atoms with E-state index in [1.54, 1.807) is 24.0 Å². The Morgan fingerprint density at radius 3 is 2.73 bits per heavy atom. The Balaban J connectivity index is 1.37. The van der Waals surface area contributed by atoms with Crippen molar-refractivity contribution in [3.05, 3.63) is 42.1 Å². The molecule has 2 aromatic heterocycles. The molecular weight excluding hydrogens is 422 g/mol. The largest absolute Gasteiger partial charge is 0.477 e. The molecule has 33 heavy (non-hydrogen) atoms. The van der Waals surface area contributed by atoms with Crippen molar-refractivity contribution in [3.63, 3.8) is 0 Å². The van der Waals surface area contributed by atoms with E-state index in [4.69, 9.17) is 19.4 Å². The van der Waals surface area contributed by atoms with Gasteiger partial charge in [0.25, 0.3) is 0 Å². The van der Waals surface area contributed by atoms with E-state index in [0.717, 1.165) is 36.3 Å². The minimum Gasteiger partial charge on any atom is -0.477 e. The third-order valence-corrected chi connectivity index (χ3v) is 5.75. The number of carbonyl (C=O) groups excluding carboxylic acids is 1. The number of carbonyl (C=O) groups is 1. The maximum atomic E-state index is 12.2. The molecule has 2 amide bonds. The van der Waals surface area contributed by atoms with Gasteiger partial charge in [0.1, 0.15) is 5.82 Å². The molecule has 1 saturated heterocycles. The highest BCUT2D eigenvalue weighted by Gasteiger charge is 2.28. The Kier molecular flexibility index (Phi) is 5.82. The molecule has 4 heterocycles. The molecule has 0 bridgehead atoms. The van der Waals surface area contributed by atoms with Gasteiger partial charge < -0.3 is 19.7 Å². The van der Waals surface area contributed by atoms with Crippen LogP contribution in [0.25, 0.3) is 11.4 Å². The molecule has 5 rings (SSSR count). The number of nitrogens with zero attached hydrogens (tertiary/aromatic N) is 5. The van der Waals surface area contributed by atoms with Crippen LogP contribution in [0.1, 0.15) is 18.9 Å². The fourth-order valence-corrected chi connectivity index (χ4v) is 4.08. The number of nitrogens with one attached hydrogen (secondary N) is 2. The number of urea groups is 1. The number of amides is 2. The van der Waals surface area contributed by atoms with E-state index in [-0.39, 0.29) is 12.1 Å². The first-order valence-electron chi connectivity index (χ1n) is 11.1. The summed E-state index contributed by atoms with van der Waals surface area (Å²) in [7, 11) is 1.79. The highest BCUT2D eigenvalue weighted by atomic mass is 16.5. The van der Waals surface area contributed by atoms with Crippen molar-refractivity contribution < 1.29 is 14.3 Å². The van der Waals surface area contributed by atoms with Gasteiger partial charge in [-0.3, -0.25) is 10.00 Å². The lowest BCUT2D eigenvalue weighted by atomic mass is 10.1. The summed E-state index contributed by atoms with van der Waals surface area (Å²) < 4.78 is 13.1. The second-order valence-electron chi connectivity index (χ2n) is 8.25. The van der Waals surface area contributed by atoms with Crippen LogP contribution >= 0.6 is 0 Å². The Bertz CT molecular complexity index is 1150. The molecule has 2 N–H and O–H groups in total. The third kappa shape index (κ3) is 4.61. The number of ether oxygens (including phenoxy) is 2. The molecule has 0 saturated carbocycles. The molecule has 1 atom stereocenters. The van der Waals surface area contributed by atoms with Gasteiger partial charge in [0, 0.05) is 37.1 Å². The van der Waals surface area contributed by atoms with Crippen LogP contribution in [0.4, 0.5) is 22.1 Å². The van der Waals surface area contributed by atoms with Crippen LogP contribution in [0.3, 0.4) is 0 Å². The van der Waals surface area contributed by atoms with Gasteiger partial charge in [0.05, 0.1) is 31.4 Å². The molecule has 172 valence electrons. The predicted octanol–water partition coefficient (Wildman–Crippen LogP) is 3.07. The highest BCUT2D eigenvalue weighted by Crippen LogP contribution is 2.34. The summed E-state index contributed by atoms with van der Waals surface area (Å²) in [5, 5.41) is 9.65. The van der Waals surface area contributed by atoms with Crippen molar-refractivity contribution in [3.8, 4) is 17.3 Å². The van der Waals surface area contributed by atoms with Crippen LogP contribution in [0.15, 0.2) is 36.5 Å². The van der Waals surface area contributed by atoms with Crippen molar-refractivity contribution in [2.24, 2.45) is 7.05 Å². The third-order valence-electron chi connectivity index (χ3n) is 5.75. The van der Waals surface area contributed by atoms with Crippen molar-refractivity contribution in [1.29, 1.82) is 0 Å². The smallest absolute Gasteiger partial charge is 0.324 e. The van der Waals surface area contributed by atoms with E-state index in [9.17, 15) is 4.79 Å². The lowest BCUT2D eigenvalue weighted by Gasteiger charge is -2.36. The standard InChI is InChI=1S/C23H27N7O3/c1-15-14-32-13-11-30(15)21-18-4-3-12-33-22(18)27-20(26-21)16-5-7-17(8-6-16)24-23(31)25-19-9-10-29(2)28-19/h5-10,15H,3-4,11-14H2,1-2H3,(H2,24,25,28,31). The molecule has 0 radical (unpaired) electrons. The molecule has 0 aliphatic carbocycles. The van der Waals surface area contributed by atoms with E-state index >= 15 is 0 Å². The number of anilines is 3. The molecule has 1 fully saturated rings. The van der Waals surface area contributed by atoms with Gasteiger partial charge in [-0.1, -0.05) is 0 Å². The van der Waals surface area contributed by atoms with Crippen LogP contribution < -0.4 is 20.3 Å². The fraction of sp³-hybridized carbons (Fsp3) is 0.391. The fourth-order valence-electron chi connectivity index (χ4n) is 4.08. The molecule has 10 nitrogen and oxygen atoms in total. The second kappa shape index (κ2) is 9.07. The van der Waals surface area contributed by atoms with Gasteiger partial charge in [-0.05, 0) is 44.0 Å². The maximum absolute atomic E-state index is 12.2. The summed E-state index contributed by atoms with van der Waals surface area (Å²) in [5.41, 5.74) is 2.58. The minimum absolute atomic E-state index is 0.233. The summed E-state index contributed by atoms with van der Waals surface area (Å²) in [4.78, 5) is 24.2. The normalized spacial score (nSPS) is 17.8. The first-order valence-corrected chi connectivity index (χ1v) is 11.1. The average molecular weight is 450 g/mol. The van der Waals surface area contributed by atoms with Gasteiger partial charge in [-0.2, -0.15) is 10.1 Å². The van der Waals surface area contributed by atoms with Gasteiger partial charge in [0.2, 0.25) is 5.88 Å². The molecule has 10 heteroatoms. The summed E-state index contributed by atoms with van der Waals surface area (Å²) in [6, 6.07) is 9.05. The Morgan fingerprint density at radius 1 is 1.12 bits per heavy atom. The van der Waals surface area contributed by atoms with Gasteiger partial charge in [-0.15, -0.1) is 0 Å². The molecule has 1 unspecified atom stereocenters. The Labute approximate surface area is 191 Å². The number of benzene rings is 1. The second-order valence-corrected chi connectivity index (χ2v) is 8.25. The van der Waals surface area contributed by atoms with Crippen LogP contribution in [0, 0.1) is 0 Å². The number of hydrogen-bond donors (Lipinski definition) is 2. The van der Waals surface area contributed by atoms with E-state index in [1.165, 1.54) is 0 Å². The lowest BCUT2D eigenvalue weighted by molar-refractivity contribution is 0.0983. The summed E-state index contributed by atoms with van der Waals surface area (Å²) >= 11 is 0. The zero-order valence-electron chi connectivity index (χ0n) is 18.7. The van der Waals surface area contributed by atoms with E-state index < -0.39 is 0 Å².